The van der Waals surface area contributed by atoms with Gasteiger partial charge in [0, 0.05) is 19.6 Å². The number of nitrogens with zero attached hydrogens (tertiary/aromatic N) is 1. The molecule has 1 fully saturated rings. The molecule has 0 unspecified atom stereocenters. The van der Waals surface area contributed by atoms with Crippen LogP contribution >= 0.6 is 0 Å². The summed E-state index contributed by atoms with van der Waals surface area (Å²) in [5.41, 5.74) is -2.15. The van der Waals surface area contributed by atoms with Crippen molar-refractivity contribution in [3.05, 3.63) is 0 Å². The highest BCUT2D eigenvalue weighted by atomic mass is 16.4. The summed E-state index contributed by atoms with van der Waals surface area (Å²) in [5, 5.41) is 19.7. The lowest BCUT2D eigenvalue weighted by Gasteiger charge is -2.45. The first-order valence-corrected chi connectivity index (χ1v) is 6.37. The third-order valence-electron chi connectivity index (χ3n) is 4.00. The van der Waals surface area contributed by atoms with Gasteiger partial charge in [0.2, 0.25) is 0 Å². The molecule has 0 atom stereocenters. The number of carbonyl (C=O) groups is 1. The van der Waals surface area contributed by atoms with E-state index in [1.807, 2.05) is 0 Å². The highest BCUT2D eigenvalue weighted by molar-refractivity contribution is 5.75. The van der Waals surface area contributed by atoms with Gasteiger partial charge in [0.05, 0.1) is 11.0 Å². The van der Waals surface area contributed by atoms with Crippen LogP contribution in [0, 0.1) is 11.3 Å². The van der Waals surface area contributed by atoms with Crippen molar-refractivity contribution < 1.29 is 15.0 Å². The molecule has 1 rings (SSSR count). The average Bonchev–Trinajstić information content (AvgIpc) is 2.20. The highest BCUT2D eigenvalue weighted by Crippen LogP contribution is 2.39. The maximum atomic E-state index is 11.2. The molecule has 1 heterocycles. The second-order valence-corrected chi connectivity index (χ2v) is 6.16. The summed E-state index contributed by atoms with van der Waals surface area (Å²) in [4.78, 5) is 13.5. The van der Waals surface area contributed by atoms with E-state index >= 15 is 0 Å². The SMILES string of the molecule is CC(C)CN1CCC(O)(C(C)(C)C(=O)O)CC1. The lowest BCUT2D eigenvalue weighted by Crippen LogP contribution is -2.56. The number of hydrogen-bond donors (Lipinski definition) is 2. The zero-order chi connectivity index (χ0) is 13.3. The van der Waals surface area contributed by atoms with Crippen molar-refractivity contribution in [3.63, 3.8) is 0 Å². The molecule has 1 saturated heterocycles. The monoisotopic (exact) mass is 243 g/mol. The molecule has 0 aliphatic carbocycles. The van der Waals surface area contributed by atoms with Gasteiger partial charge in [-0.15, -0.1) is 0 Å². The van der Waals surface area contributed by atoms with E-state index < -0.39 is 17.0 Å². The van der Waals surface area contributed by atoms with Gasteiger partial charge in [-0.05, 0) is 32.6 Å². The van der Waals surface area contributed by atoms with E-state index in [1.54, 1.807) is 13.8 Å². The lowest BCUT2D eigenvalue weighted by molar-refractivity contribution is -0.171. The van der Waals surface area contributed by atoms with Crippen molar-refractivity contribution in [1.82, 2.24) is 4.90 Å². The third kappa shape index (κ3) is 2.99. The molecule has 1 aliphatic heterocycles. The molecule has 1 aliphatic rings. The zero-order valence-electron chi connectivity index (χ0n) is 11.4. The molecule has 0 amide bonds. The van der Waals surface area contributed by atoms with Crippen LogP contribution in [-0.2, 0) is 4.79 Å². The molecule has 100 valence electrons. The molecule has 4 nitrogen and oxygen atoms in total. The zero-order valence-corrected chi connectivity index (χ0v) is 11.4. The van der Waals surface area contributed by atoms with E-state index in [-0.39, 0.29) is 0 Å². The largest absolute Gasteiger partial charge is 0.481 e. The van der Waals surface area contributed by atoms with Crippen molar-refractivity contribution in [2.24, 2.45) is 11.3 Å². The average molecular weight is 243 g/mol. The Bertz CT molecular complexity index is 278. The van der Waals surface area contributed by atoms with Crippen LogP contribution in [0.2, 0.25) is 0 Å². The Labute approximate surface area is 104 Å². The van der Waals surface area contributed by atoms with E-state index in [0.717, 1.165) is 19.6 Å². The van der Waals surface area contributed by atoms with Crippen LogP contribution in [0.4, 0.5) is 0 Å². The van der Waals surface area contributed by atoms with Crippen LogP contribution in [0.25, 0.3) is 0 Å². The van der Waals surface area contributed by atoms with Crippen LogP contribution in [0.3, 0.4) is 0 Å². The minimum absolute atomic E-state index is 0.541. The molecule has 0 saturated carbocycles. The van der Waals surface area contributed by atoms with Crippen LogP contribution in [0.1, 0.15) is 40.5 Å². The standard InChI is InChI=1S/C13H25NO3/c1-10(2)9-14-7-5-13(17,6-8-14)12(3,4)11(15)16/h10,17H,5-9H2,1-4H3,(H,15,16). The first kappa shape index (κ1) is 14.5. The Morgan fingerprint density at radius 1 is 1.35 bits per heavy atom. The summed E-state index contributed by atoms with van der Waals surface area (Å²) in [5.74, 6) is -0.314. The smallest absolute Gasteiger partial charge is 0.312 e. The van der Waals surface area contributed by atoms with Gasteiger partial charge >= 0.3 is 5.97 Å². The summed E-state index contributed by atoms with van der Waals surface area (Å²) < 4.78 is 0. The Kier molecular flexibility index (Phi) is 4.20. The molecule has 0 spiro atoms. The molecule has 17 heavy (non-hydrogen) atoms. The Balaban J connectivity index is 2.64. The second-order valence-electron chi connectivity index (χ2n) is 6.16. The second kappa shape index (κ2) is 4.94. The fourth-order valence-electron chi connectivity index (χ4n) is 2.45. The number of hydrogen-bond acceptors (Lipinski definition) is 3. The molecular weight excluding hydrogens is 218 g/mol. The van der Waals surface area contributed by atoms with Gasteiger partial charge in [-0.3, -0.25) is 4.79 Å². The van der Waals surface area contributed by atoms with Gasteiger partial charge in [0.25, 0.3) is 0 Å². The first-order chi connectivity index (χ1) is 7.69. The summed E-state index contributed by atoms with van der Waals surface area (Å²) in [6, 6.07) is 0. The molecule has 0 aromatic heterocycles. The van der Waals surface area contributed by atoms with Gasteiger partial charge in [-0.25, -0.2) is 0 Å². The maximum Gasteiger partial charge on any atom is 0.312 e. The molecule has 2 N–H and O–H groups in total. The molecule has 0 bridgehead atoms. The van der Waals surface area contributed by atoms with Crippen LogP contribution < -0.4 is 0 Å². The lowest BCUT2D eigenvalue weighted by atomic mass is 9.69. The van der Waals surface area contributed by atoms with E-state index in [2.05, 4.69) is 18.7 Å². The van der Waals surface area contributed by atoms with Crippen molar-refractivity contribution in [1.29, 1.82) is 0 Å². The minimum atomic E-state index is -1.08. The number of carboxylic acid groups (broad SMARTS) is 1. The summed E-state index contributed by atoms with van der Waals surface area (Å²) >= 11 is 0. The highest BCUT2D eigenvalue weighted by Gasteiger charge is 2.50. The summed E-state index contributed by atoms with van der Waals surface area (Å²) in [6.07, 6.45) is 1.08. The van der Waals surface area contributed by atoms with Gasteiger partial charge in [-0.1, -0.05) is 13.8 Å². The third-order valence-corrected chi connectivity index (χ3v) is 4.00. The predicted molar refractivity (Wildman–Crippen MR) is 66.9 cm³/mol. The van der Waals surface area contributed by atoms with Gasteiger partial charge < -0.3 is 15.1 Å². The predicted octanol–water partition coefficient (Wildman–Crippen LogP) is 1.58. The summed E-state index contributed by atoms with van der Waals surface area (Å²) in [6.45, 7) is 10.2. The van der Waals surface area contributed by atoms with Crippen LogP contribution in [-0.4, -0.2) is 46.3 Å². The van der Waals surface area contributed by atoms with Crippen molar-refractivity contribution in [3.8, 4) is 0 Å². The van der Waals surface area contributed by atoms with E-state index in [9.17, 15) is 15.0 Å². The Morgan fingerprint density at radius 3 is 2.18 bits per heavy atom. The van der Waals surface area contributed by atoms with Crippen molar-refractivity contribution >= 4 is 5.97 Å². The van der Waals surface area contributed by atoms with Crippen molar-refractivity contribution in [2.45, 2.75) is 46.1 Å². The topological polar surface area (TPSA) is 60.8 Å². The molecule has 0 aromatic carbocycles. The molecule has 4 heteroatoms. The van der Waals surface area contributed by atoms with Crippen LogP contribution in [0.15, 0.2) is 0 Å². The number of piperidine rings is 1. The fourth-order valence-corrected chi connectivity index (χ4v) is 2.45. The van der Waals surface area contributed by atoms with E-state index in [0.29, 0.717) is 18.8 Å². The Morgan fingerprint density at radius 2 is 1.82 bits per heavy atom. The fraction of sp³-hybridized carbons (Fsp3) is 0.923. The first-order valence-electron chi connectivity index (χ1n) is 6.37. The quantitative estimate of drug-likeness (QED) is 0.787. The van der Waals surface area contributed by atoms with E-state index in [1.165, 1.54) is 0 Å². The van der Waals surface area contributed by atoms with E-state index in [4.69, 9.17) is 0 Å². The van der Waals surface area contributed by atoms with Crippen molar-refractivity contribution in [2.75, 3.05) is 19.6 Å². The number of rotatable bonds is 4. The van der Waals surface area contributed by atoms with Crippen LogP contribution in [0.5, 0.6) is 0 Å². The number of likely N-dealkylation sites (tertiary alicyclic amines) is 1. The summed E-state index contributed by atoms with van der Waals surface area (Å²) in [7, 11) is 0. The number of aliphatic carboxylic acids is 1. The van der Waals surface area contributed by atoms with Gasteiger partial charge in [0.15, 0.2) is 0 Å². The van der Waals surface area contributed by atoms with Gasteiger partial charge in [0.1, 0.15) is 0 Å². The molecular formula is C13H25NO3. The Hall–Kier alpha value is -0.610. The van der Waals surface area contributed by atoms with Gasteiger partial charge in [-0.2, -0.15) is 0 Å². The number of aliphatic hydroxyl groups is 1. The normalized spacial score (nSPS) is 21.8. The molecule has 0 aromatic rings. The number of carboxylic acids is 1. The molecule has 0 radical (unpaired) electrons. The maximum absolute atomic E-state index is 11.2. The minimum Gasteiger partial charge on any atom is -0.481 e.